The molecule has 2 amide bonds. The Morgan fingerprint density at radius 3 is 2.54 bits per heavy atom. The third-order valence-corrected chi connectivity index (χ3v) is 14.3. The maximum Gasteiger partial charge on any atom is 0.329 e. The van der Waals surface area contributed by atoms with Crippen LogP contribution in [0.3, 0.4) is 0 Å². The summed E-state index contributed by atoms with van der Waals surface area (Å²) in [5.74, 6) is 1.58. The number of carbonyl (C=O) groups is 3. The minimum Gasteiger partial charge on any atom is -0.494 e. The van der Waals surface area contributed by atoms with Crippen molar-refractivity contribution in [2.75, 3.05) is 32.1 Å². The van der Waals surface area contributed by atoms with E-state index in [-0.39, 0.29) is 29.6 Å². The van der Waals surface area contributed by atoms with E-state index in [1.807, 2.05) is 60.8 Å². The number of pyridine rings is 2. The molecule has 2 aromatic heterocycles. The van der Waals surface area contributed by atoms with Gasteiger partial charge >= 0.3 is 5.97 Å². The van der Waals surface area contributed by atoms with Gasteiger partial charge in [-0.3, -0.25) is 19.6 Å². The molecule has 0 aliphatic heterocycles. The molecule has 0 radical (unpaired) electrons. The Morgan fingerprint density at radius 2 is 1.77 bits per heavy atom. The number of halogens is 1. The van der Waals surface area contributed by atoms with Crippen molar-refractivity contribution in [1.82, 2.24) is 20.6 Å². The number of carboxylic acids is 1. The Hall–Kier alpha value is -5.94. The number of rotatable bonds is 17. The van der Waals surface area contributed by atoms with Crippen LogP contribution in [-0.2, 0) is 34.3 Å². The van der Waals surface area contributed by atoms with Crippen LogP contribution in [0.4, 0.5) is 5.69 Å². The van der Waals surface area contributed by atoms with E-state index < -0.39 is 11.5 Å². The highest BCUT2D eigenvalue weighted by Gasteiger charge is 2.54. The van der Waals surface area contributed by atoms with Crippen LogP contribution in [0.2, 0.25) is 5.02 Å². The summed E-state index contributed by atoms with van der Waals surface area (Å²) in [6.07, 6.45) is 11.9. The van der Waals surface area contributed by atoms with E-state index in [1.54, 1.807) is 31.4 Å². The van der Waals surface area contributed by atoms with Crippen LogP contribution in [-0.4, -0.2) is 65.2 Å². The first-order valence-corrected chi connectivity index (χ1v) is 23.5. The third-order valence-electron chi connectivity index (χ3n) is 14.0. The minimum atomic E-state index is -1.12. The van der Waals surface area contributed by atoms with Crippen LogP contribution < -0.4 is 25.4 Å². The van der Waals surface area contributed by atoms with Crippen LogP contribution in [0.5, 0.6) is 11.5 Å². The fourth-order valence-electron chi connectivity index (χ4n) is 10.6. The maximum atomic E-state index is 13.1. The molecule has 1 fully saturated rings. The SMILES string of the molecule is CNC(=O)c1ccc(-c2cccc(CC(=O)NCCCOc3ccc4c(c3)C3(CCC(Nc5cccc(Cl)c5)(C(=O)O)CC3)[C@@H](C[C@@H](C)COc3ccnc5c3[C@H](C)CCC5)C4)c2)cn1. The summed E-state index contributed by atoms with van der Waals surface area (Å²) in [4.78, 5) is 46.9. The number of fused-ring (bicyclic) bond motifs is 3. The van der Waals surface area contributed by atoms with Gasteiger partial charge in [0.1, 0.15) is 22.7 Å². The van der Waals surface area contributed by atoms with Crippen LogP contribution in [0.15, 0.2) is 97.3 Å². The number of hydrogen-bond acceptors (Lipinski definition) is 8. The topological polar surface area (TPSA) is 152 Å². The average molecular weight is 899 g/mol. The number of aromatic nitrogens is 2. The van der Waals surface area contributed by atoms with Gasteiger partial charge in [-0.1, -0.05) is 67.9 Å². The summed E-state index contributed by atoms with van der Waals surface area (Å²) >= 11 is 6.32. The summed E-state index contributed by atoms with van der Waals surface area (Å²) in [6.45, 7) is 6.05. The van der Waals surface area contributed by atoms with Crippen LogP contribution in [0, 0.1) is 11.8 Å². The quantitative estimate of drug-likeness (QED) is 0.0669. The van der Waals surface area contributed by atoms with Gasteiger partial charge in [-0.2, -0.15) is 0 Å². The Morgan fingerprint density at radius 1 is 0.938 bits per heavy atom. The van der Waals surface area contributed by atoms with E-state index in [0.717, 1.165) is 66.0 Å². The highest BCUT2D eigenvalue weighted by atomic mass is 35.5. The van der Waals surface area contributed by atoms with Crippen molar-refractivity contribution < 1.29 is 29.0 Å². The molecule has 8 rings (SSSR count). The molecule has 65 heavy (non-hydrogen) atoms. The Balaban J connectivity index is 0.910. The largest absolute Gasteiger partial charge is 0.494 e. The number of carbonyl (C=O) groups excluding carboxylic acids is 2. The number of nitrogens with one attached hydrogen (secondary N) is 3. The van der Waals surface area contributed by atoms with Gasteiger partial charge < -0.3 is 30.5 Å². The highest BCUT2D eigenvalue weighted by Crippen LogP contribution is 2.57. The van der Waals surface area contributed by atoms with Crippen molar-refractivity contribution in [3.05, 3.63) is 136 Å². The molecule has 3 atom stereocenters. The van der Waals surface area contributed by atoms with Gasteiger partial charge in [0.05, 0.1) is 19.6 Å². The van der Waals surface area contributed by atoms with Crippen molar-refractivity contribution in [2.45, 2.75) is 101 Å². The molecule has 340 valence electrons. The summed E-state index contributed by atoms with van der Waals surface area (Å²) in [5.41, 5.74) is 7.36. The van der Waals surface area contributed by atoms with Gasteiger partial charge in [0, 0.05) is 53.5 Å². The Labute approximate surface area is 387 Å². The molecule has 12 heteroatoms. The number of hydrogen-bond donors (Lipinski definition) is 4. The third kappa shape index (κ3) is 10.3. The molecule has 4 N–H and O–H groups in total. The van der Waals surface area contributed by atoms with Gasteiger partial charge in [-0.15, -0.1) is 0 Å². The lowest BCUT2D eigenvalue weighted by molar-refractivity contribution is -0.144. The first-order valence-electron chi connectivity index (χ1n) is 23.1. The molecule has 5 aromatic rings. The van der Waals surface area contributed by atoms with Crippen molar-refractivity contribution in [3.63, 3.8) is 0 Å². The van der Waals surface area contributed by atoms with Crippen LogP contribution in [0.1, 0.15) is 110 Å². The van der Waals surface area contributed by atoms with Gasteiger partial charge in [0.2, 0.25) is 5.91 Å². The molecule has 3 aromatic carbocycles. The first-order chi connectivity index (χ1) is 31.4. The molecule has 3 aliphatic carbocycles. The number of ether oxygens (including phenoxy) is 2. The van der Waals surface area contributed by atoms with E-state index in [9.17, 15) is 19.5 Å². The lowest BCUT2D eigenvalue weighted by atomic mass is 9.59. The summed E-state index contributed by atoms with van der Waals surface area (Å²) < 4.78 is 13.0. The molecule has 1 saturated carbocycles. The smallest absolute Gasteiger partial charge is 0.329 e. The monoisotopic (exact) mass is 897 g/mol. The first kappa shape index (κ1) is 45.6. The molecule has 3 aliphatic rings. The summed E-state index contributed by atoms with van der Waals surface area (Å²) in [5, 5.41) is 20.3. The number of benzene rings is 3. The second kappa shape index (κ2) is 20.1. The molecular formula is C53H60ClN5O6. The lowest BCUT2D eigenvalue weighted by Crippen LogP contribution is -2.53. The number of anilines is 1. The predicted octanol–water partition coefficient (Wildman–Crippen LogP) is 9.75. The zero-order chi connectivity index (χ0) is 45.6. The van der Waals surface area contributed by atoms with Crippen molar-refractivity contribution in [3.8, 4) is 22.6 Å². The number of nitrogens with zero attached hydrogens (tertiary/aromatic N) is 2. The summed E-state index contributed by atoms with van der Waals surface area (Å²) in [6, 6.07) is 27.1. The maximum absolute atomic E-state index is 13.1. The van der Waals surface area contributed by atoms with Gasteiger partial charge in [0.15, 0.2) is 0 Å². The number of amides is 2. The van der Waals surface area contributed by atoms with Gasteiger partial charge in [-0.25, -0.2) is 4.79 Å². The van der Waals surface area contributed by atoms with Crippen LogP contribution in [0.25, 0.3) is 11.1 Å². The van der Waals surface area contributed by atoms with Gasteiger partial charge in [-0.05, 0) is 152 Å². The highest BCUT2D eigenvalue weighted by molar-refractivity contribution is 6.30. The summed E-state index contributed by atoms with van der Waals surface area (Å²) in [7, 11) is 1.57. The number of aliphatic carboxylic acids is 1. The van der Waals surface area contributed by atoms with E-state index in [2.05, 4.69) is 51.9 Å². The standard InChI is InChI=1S/C53H60ClN5O6/c1-34(33-65-47-18-24-56-45-13-4-8-35(2)49(45)47)26-40-29-38-14-16-43(31-44(38)52(40)19-21-53(22-20-52,51(62)63)59-42-12-6-11-41(54)30-42)64-25-7-23-57-48(60)28-36-9-5-10-37(27-36)39-15-17-46(58-32-39)50(61)55-3/h5-6,9-12,14-18,24,27,30-32,34-35,40,59H,4,7-8,13,19-23,25-26,28-29,33H2,1-3H3,(H,55,61)(H,57,60)(H,62,63)/t34-,35-,40+,52?,53?/m1/s1. The zero-order valence-corrected chi connectivity index (χ0v) is 38.4. The average Bonchev–Trinajstić information content (AvgIpc) is 3.59. The second-order valence-corrected chi connectivity index (χ2v) is 18.9. The fraction of sp³-hybridized carbons (Fsp3) is 0.415. The zero-order valence-electron chi connectivity index (χ0n) is 37.6. The van der Waals surface area contributed by atoms with Crippen molar-refractivity contribution in [2.24, 2.45) is 11.8 Å². The number of carboxylic acid groups (broad SMARTS) is 1. The second-order valence-electron chi connectivity index (χ2n) is 18.5. The Bertz CT molecular complexity index is 2500. The van der Waals surface area contributed by atoms with E-state index in [1.165, 1.54) is 16.7 Å². The van der Waals surface area contributed by atoms with E-state index in [0.29, 0.717) is 80.1 Å². The lowest BCUT2D eigenvalue weighted by Gasteiger charge is -2.47. The van der Waals surface area contributed by atoms with Crippen LogP contribution >= 0.6 is 11.6 Å². The Kier molecular flexibility index (Phi) is 14.1. The van der Waals surface area contributed by atoms with Gasteiger partial charge in [0.25, 0.3) is 5.91 Å². The molecule has 0 unspecified atom stereocenters. The fourth-order valence-corrected chi connectivity index (χ4v) is 10.8. The molecule has 0 saturated heterocycles. The predicted molar refractivity (Wildman–Crippen MR) is 254 cm³/mol. The van der Waals surface area contributed by atoms with E-state index >= 15 is 0 Å². The minimum absolute atomic E-state index is 0.0744. The molecule has 11 nitrogen and oxygen atoms in total. The van der Waals surface area contributed by atoms with E-state index in [4.69, 9.17) is 21.1 Å². The molecular weight excluding hydrogens is 838 g/mol. The van der Waals surface area contributed by atoms with Crippen molar-refractivity contribution in [1.29, 1.82) is 0 Å². The molecule has 0 bridgehead atoms. The molecule has 2 heterocycles. The number of aryl methyl sites for hydroxylation is 1. The normalized spacial score (nSPS) is 21.4. The molecule has 1 spiro atoms. The van der Waals surface area contributed by atoms with Crippen molar-refractivity contribution >= 4 is 35.1 Å².